The second-order valence-electron chi connectivity index (χ2n) is 4.12. The molecule has 2 aromatic carbocycles. The fourth-order valence-corrected chi connectivity index (χ4v) is 3.24. The zero-order valence-electron chi connectivity index (χ0n) is 9.69. The second-order valence-corrected chi connectivity index (χ2v) is 5.64. The number of fused-ring (bicyclic) bond motifs is 1. The van der Waals surface area contributed by atoms with Gasteiger partial charge in [-0.1, -0.05) is 23.7 Å². The van der Waals surface area contributed by atoms with Gasteiger partial charge in [0.1, 0.15) is 5.82 Å². The highest BCUT2D eigenvalue weighted by molar-refractivity contribution is 7.21. The third-order valence-corrected chi connectivity index (χ3v) is 4.19. The highest BCUT2D eigenvalue weighted by Crippen LogP contribution is 2.29. The zero-order valence-corrected chi connectivity index (χ0v) is 11.3. The van der Waals surface area contributed by atoms with Crippen LogP contribution in [0.2, 0.25) is 5.02 Å². The molecule has 0 atom stereocenters. The summed E-state index contributed by atoms with van der Waals surface area (Å²) in [6, 6.07) is 12.9. The van der Waals surface area contributed by atoms with E-state index in [9.17, 15) is 9.18 Å². The van der Waals surface area contributed by atoms with Crippen LogP contribution in [0.1, 0.15) is 0 Å². The van der Waals surface area contributed by atoms with Crippen molar-refractivity contribution in [1.29, 1.82) is 0 Å². The van der Waals surface area contributed by atoms with Crippen LogP contribution in [0.15, 0.2) is 53.3 Å². The van der Waals surface area contributed by atoms with E-state index in [-0.39, 0.29) is 11.2 Å². The van der Waals surface area contributed by atoms with Crippen LogP contribution in [0.4, 0.5) is 4.39 Å². The quantitative estimate of drug-likeness (QED) is 0.634. The minimum Gasteiger partial charge on any atom is -0.289 e. The van der Waals surface area contributed by atoms with Gasteiger partial charge >= 0.3 is 0 Å². The smallest absolute Gasteiger partial charge is 0.188 e. The first-order chi connectivity index (χ1) is 9.13. The Bertz CT molecular complexity index is 808. The molecule has 1 aromatic heterocycles. The first kappa shape index (κ1) is 12.3. The van der Waals surface area contributed by atoms with Gasteiger partial charge in [0.25, 0.3) is 0 Å². The number of hydrogen-bond acceptors (Lipinski definition) is 2. The summed E-state index contributed by atoms with van der Waals surface area (Å²) in [7, 11) is 0. The summed E-state index contributed by atoms with van der Waals surface area (Å²) >= 11 is 7.41. The maximum absolute atomic E-state index is 12.9. The van der Waals surface area contributed by atoms with Crippen LogP contribution in [0.5, 0.6) is 0 Å². The van der Waals surface area contributed by atoms with Gasteiger partial charge < -0.3 is 0 Å². The summed E-state index contributed by atoms with van der Waals surface area (Å²) in [5, 5.41) is 1.25. The van der Waals surface area contributed by atoms with Gasteiger partial charge in [-0.05, 0) is 35.9 Å². The van der Waals surface area contributed by atoms with Gasteiger partial charge in [0, 0.05) is 26.1 Å². The molecule has 19 heavy (non-hydrogen) atoms. The van der Waals surface area contributed by atoms with Crippen molar-refractivity contribution in [2.45, 2.75) is 0 Å². The molecule has 3 aromatic rings. The summed E-state index contributed by atoms with van der Waals surface area (Å²) < 4.78 is 13.7. The zero-order chi connectivity index (χ0) is 13.4. The largest absolute Gasteiger partial charge is 0.289 e. The molecule has 0 radical (unpaired) electrons. The molecule has 0 saturated heterocycles. The monoisotopic (exact) mass is 290 g/mol. The first-order valence-corrected chi connectivity index (χ1v) is 6.82. The van der Waals surface area contributed by atoms with Crippen LogP contribution in [0, 0.1) is 5.82 Å². The number of halogens is 2. The molecular formula is C15H8ClFOS. The Morgan fingerprint density at radius 1 is 1.00 bits per heavy atom. The lowest BCUT2D eigenvalue weighted by Gasteiger charge is -2.03. The lowest BCUT2D eigenvalue weighted by Crippen LogP contribution is -1.98. The maximum atomic E-state index is 12.9. The SMILES string of the molecule is O=c1cc(-c2ccc(F)cc2)sc2cc(Cl)ccc12. The van der Waals surface area contributed by atoms with Gasteiger partial charge in [0.2, 0.25) is 0 Å². The van der Waals surface area contributed by atoms with Gasteiger partial charge in [-0.15, -0.1) is 11.3 Å². The fraction of sp³-hybridized carbons (Fsp3) is 0. The van der Waals surface area contributed by atoms with Crippen molar-refractivity contribution < 1.29 is 4.39 Å². The van der Waals surface area contributed by atoms with Crippen molar-refractivity contribution in [1.82, 2.24) is 0 Å². The Labute approximate surface area is 117 Å². The van der Waals surface area contributed by atoms with E-state index in [1.807, 2.05) is 0 Å². The lowest BCUT2D eigenvalue weighted by atomic mass is 10.1. The van der Waals surface area contributed by atoms with Gasteiger partial charge in [-0.2, -0.15) is 0 Å². The van der Waals surface area contributed by atoms with E-state index in [4.69, 9.17) is 11.6 Å². The number of hydrogen-bond donors (Lipinski definition) is 0. The Kier molecular flexibility index (Phi) is 3.09. The van der Waals surface area contributed by atoms with E-state index in [1.54, 1.807) is 36.4 Å². The van der Waals surface area contributed by atoms with E-state index in [0.717, 1.165) is 15.1 Å². The summed E-state index contributed by atoms with van der Waals surface area (Å²) in [5.41, 5.74) is 0.773. The molecule has 0 aliphatic heterocycles. The minimum atomic E-state index is -0.292. The summed E-state index contributed by atoms with van der Waals surface area (Å²) in [5.74, 6) is -0.292. The molecule has 1 nitrogen and oxygen atoms in total. The van der Waals surface area contributed by atoms with Gasteiger partial charge in [0.05, 0.1) is 0 Å². The van der Waals surface area contributed by atoms with Crippen molar-refractivity contribution in [2.24, 2.45) is 0 Å². The molecule has 4 heteroatoms. The van der Waals surface area contributed by atoms with Crippen molar-refractivity contribution in [3.63, 3.8) is 0 Å². The van der Waals surface area contributed by atoms with Gasteiger partial charge in [-0.25, -0.2) is 4.39 Å². The Hall–Kier alpha value is -1.71. The fourth-order valence-electron chi connectivity index (χ4n) is 1.89. The predicted octanol–water partition coefficient (Wildman–Crippen LogP) is 4.72. The van der Waals surface area contributed by atoms with E-state index in [1.165, 1.54) is 23.5 Å². The molecule has 0 fully saturated rings. The first-order valence-electron chi connectivity index (χ1n) is 5.63. The van der Waals surface area contributed by atoms with Gasteiger partial charge in [0.15, 0.2) is 5.43 Å². The van der Waals surface area contributed by atoms with Crippen molar-refractivity contribution in [2.75, 3.05) is 0 Å². The van der Waals surface area contributed by atoms with E-state index < -0.39 is 0 Å². The molecule has 3 rings (SSSR count). The molecule has 0 aliphatic rings. The van der Waals surface area contributed by atoms with Crippen LogP contribution < -0.4 is 5.43 Å². The van der Waals surface area contributed by atoms with Crippen molar-refractivity contribution in [3.05, 3.63) is 69.6 Å². The summed E-state index contributed by atoms with van der Waals surface area (Å²) in [6.45, 7) is 0. The molecule has 0 saturated carbocycles. The standard InChI is InChI=1S/C15H8ClFOS/c16-10-3-6-12-13(18)8-14(19-15(12)7-10)9-1-4-11(17)5-2-9/h1-8H. The summed E-state index contributed by atoms with van der Waals surface area (Å²) in [4.78, 5) is 12.8. The molecule has 0 bridgehead atoms. The molecule has 0 unspecified atom stereocenters. The molecule has 0 amide bonds. The van der Waals surface area contributed by atoms with Crippen LogP contribution in [-0.4, -0.2) is 0 Å². The molecule has 0 spiro atoms. The topological polar surface area (TPSA) is 17.1 Å². The third-order valence-electron chi connectivity index (χ3n) is 2.82. The van der Waals surface area contributed by atoms with E-state index in [0.29, 0.717) is 10.4 Å². The Morgan fingerprint density at radius 3 is 2.47 bits per heavy atom. The van der Waals surface area contributed by atoms with Gasteiger partial charge in [-0.3, -0.25) is 4.79 Å². The minimum absolute atomic E-state index is 0.0512. The van der Waals surface area contributed by atoms with Crippen LogP contribution in [0.3, 0.4) is 0 Å². The van der Waals surface area contributed by atoms with Crippen molar-refractivity contribution in [3.8, 4) is 10.4 Å². The van der Waals surface area contributed by atoms with Crippen LogP contribution in [0.25, 0.3) is 20.5 Å². The summed E-state index contributed by atoms with van der Waals surface area (Å²) in [6.07, 6.45) is 0. The normalized spacial score (nSPS) is 10.8. The van der Waals surface area contributed by atoms with Crippen LogP contribution in [-0.2, 0) is 0 Å². The second kappa shape index (κ2) is 4.76. The number of rotatable bonds is 1. The maximum Gasteiger partial charge on any atom is 0.188 e. The molecular weight excluding hydrogens is 283 g/mol. The number of benzene rings is 2. The highest BCUT2D eigenvalue weighted by Gasteiger charge is 2.05. The highest BCUT2D eigenvalue weighted by atomic mass is 35.5. The third kappa shape index (κ3) is 2.39. The lowest BCUT2D eigenvalue weighted by molar-refractivity contribution is 0.628. The Balaban J connectivity index is 2.25. The average molecular weight is 291 g/mol. The molecule has 0 N–H and O–H groups in total. The predicted molar refractivity (Wildman–Crippen MR) is 78.5 cm³/mol. The molecule has 94 valence electrons. The van der Waals surface area contributed by atoms with E-state index in [2.05, 4.69) is 0 Å². The molecule has 1 heterocycles. The Morgan fingerprint density at radius 2 is 1.74 bits per heavy atom. The van der Waals surface area contributed by atoms with E-state index >= 15 is 0 Å². The molecule has 0 aliphatic carbocycles. The average Bonchev–Trinajstić information content (AvgIpc) is 2.38. The van der Waals surface area contributed by atoms with Crippen molar-refractivity contribution >= 4 is 33.0 Å². The van der Waals surface area contributed by atoms with Crippen LogP contribution >= 0.6 is 22.9 Å².